The molecule has 2 aromatic heterocycles. The summed E-state index contributed by atoms with van der Waals surface area (Å²) in [5.74, 6) is 0. The summed E-state index contributed by atoms with van der Waals surface area (Å²) in [7, 11) is 0. The van der Waals surface area contributed by atoms with Crippen LogP contribution in [0.25, 0.3) is 21.7 Å². The molecule has 3 aromatic rings. The van der Waals surface area contributed by atoms with Gasteiger partial charge in [-0.05, 0) is 49.6 Å². The van der Waals surface area contributed by atoms with Crippen LogP contribution >= 0.6 is 22.9 Å². The van der Waals surface area contributed by atoms with E-state index in [4.69, 9.17) is 11.6 Å². The van der Waals surface area contributed by atoms with E-state index in [0.29, 0.717) is 21.5 Å². The Balaban J connectivity index is 1.77. The molecule has 8 heteroatoms. The van der Waals surface area contributed by atoms with E-state index in [9.17, 15) is 10.1 Å². The van der Waals surface area contributed by atoms with Gasteiger partial charge < -0.3 is 4.90 Å². The fourth-order valence-electron chi connectivity index (χ4n) is 3.35. The zero-order valence-corrected chi connectivity index (χ0v) is 17.3. The number of halogens is 1. The van der Waals surface area contributed by atoms with Crippen LogP contribution in [-0.4, -0.2) is 34.0 Å². The molecule has 2 amide bonds. The largest absolute Gasteiger partial charge is 0.324 e. The van der Waals surface area contributed by atoms with E-state index in [2.05, 4.69) is 21.4 Å². The number of rotatable bonds is 3. The van der Waals surface area contributed by atoms with E-state index in [1.807, 2.05) is 25.1 Å². The molecule has 1 N–H and O–H groups in total. The number of nitrogens with zero attached hydrogens (tertiary/aromatic N) is 4. The average Bonchev–Trinajstić information content (AvgIpc) is 3.37. The first-order chi connectivity index (χ1) is 14.0. The van der Waals surface area contributed by atoms with Gasteiger partial charge >= 0.3 is 6.03 Å². The second-order valence-electron chi connectivity index (χ2n) is 6.83. The minimum absolute atomic E-state index is 0.135. The molecule has 0 radical (unpaired) electrons. The molecule has 0 spiro atoms. The maximum Gasteiger partial charge on any atom is 0.323 e. The third-order valence-corrected chi connectivity index (χ3v) is 5.90. The number of likely N-dealkylation sites (tertiary alicyclic amines) is 1. The highest BCUT2D eigenvalue weighted by molar-refractivity contribution is 7.19. The first-order valence-electron chi connectivity index (χ1n) is 9.25. The number of carbonyl (C=O) groups is 1. The summed E-state index contributed by atoms with van der Waals surface area (Å²) in [5, 5.41) is 13.1. The molecule has 0 atom stereocenters. The lowest BCUT2D eigenvalue weighted by Gasteiger charge is -2.14. The van der Waals surface area contributed by atoms with Crippen LogP contribution in [0.2, 0.25) is 5.15 Å². The number of aryl methyl sites for hydroxylation is 1. The summed E-state index contributed by atoms with van der Waals surface area (Å²) >= 11 is 7.56. The number of anilines is 1. The van der Waals surface area contributed by atoms with Crippen molar-refractivity contribution in [1.29, 1.82) is 5.26 Å². The molecular formula is C21H18ClN5OS. The molecule has 6 nitrogen and oxygen atoms in total. The van der Waals surface area contributed by atoms with E-state index >= 15 is 0 Å². The van der Waals surface area contributed by atoms with Crippen LogP contribution in [0.4, 0.5) is 9.93 Å². The lowest BCUT2D eigenvalue weighted by Crippen LogP contribution is -2.32. The molecule has 1 aliphatic rings. The summed E-state index contributed by atoms with van der Waals surface area (Å²) in [6.45, 7) is 3.41. The molecule has 0 aliphatic carbocycles. The minimum atomic E-state index is -0.135. The van der Waals surface area contributed by atoms with Crippen molar-refractivity contribution in [3.8, 4) is 27.8 Å². The Kier molecular flexibility index (Phi) is 5.47. The van der Waals surface area contributed by atoms with Gasteiger partial charge in [0.2, 0.25) is 0 Å². The topological polar surface area (TPSA) is 81.9 Å². The maximum atomic E-state index is 12.5. The van der Waals surface area contributed by atoms with Gasteiger partial charge in [0.1, 0.15) is 5.15 Å². The lowest BCUT2D eigenvalue weighted by atomic mass is 10.1. The molecule has 0 unspecified atom stereocenters. The van der Waals surface area contributed by atoms with Gasteiger partial charge in [0.25, 0.3) is 0 Å². The van der Waals surface area contributed by atoms with Crippen molar-refractivity contribution < 1.29 is 4.79 Å². The molecule has 0 saturated carbocycles. The average molecular weight is 424 g/mol. The minimum Gasteiger partial charge on any atom is -0.324 e. The summed E-state index contributed by atoms with van der Waals surface area (Å²) in [6, 6.07) is 13.0. The summed E-state index contributed by atoms with van der Waals surface area (Å²) < 4.78 is 0. The van der Waals surface area contributed by atoms with Crippen LogP contribution < -0.4 is 5.32 Å². The van der Waals surface area contributed by atoms with Crippen molar-refractivity contribution in [3.05, 3.63) is 52.8 Å². The van der Waals surface area contributed by atoms with Gasteiger partial charge in [-0.15, -0.1) is 0 Å². The number of nitrogens with one attached hydrogen (secondary N) is 1. The first-order valence-corrected chi connectivity index (χ1v) is 10.4. The molecule has 146 valence electrons. The summed E-state index contributed by atoms with van der Waals surface area (Å²) in [5.41, 5.74) is 3.72. The van der Waals surface area contributed by atoms with E-state index in [1.165, 1.54) is 11.3 Å². The molecule has 4 rings (SSSR count). The molecule has 29 heavy (non-hydrogen) atoms. The SMILES string of the molecule is Cc1cc(-c2sc(NC(=O)N3CCCC3)nc2-c2cccc(C#N)c2)cc(Cl)n1. The molecule has 1 aromatic carbocycles. The van der Waals surface area contributed by atoms with Crippen molar-refractivity contribution >= 4 is 34.1 Å². The van der Waals surface area contributed by atoms with Crippen LogP contribution in [0.5, 0.6) is 0 Å². The van der Waals surface area contributed by atoms with E-state index in [0.717, 1.165) is 47.6 Å². The highest BCUT2D eigenvalue weighted by Crippen LogP contribution is 2.40. The first kappa shape index (κ1) is 19.4. The van der Waals surface area contributed by atoms with Crippen LogP contribution in [0, 0.1) is 18.3 Å². The number of thiazole rings is 1. The van der Waals surface area contributed by atoms with Gasteiger partial charge in [0.05, 0.1) is 22.2 Å². The quantitative estimate of drug-likeness (QED) is 0.577. The smallest absolute Gasteiger partial charge is 0.323 e. The number of benzene rings is 1. The number of hydrogen-bond acceptors (Lipinski definition) is 5. The van der Waals surface area contributed by atoms with Crippen LogP contribution in [0.3, 0.4) is 0 Å². The second-order valence-corrected chi connectivity index (χ2v) is 8.22. The summed E-state index contributed by atoms with van der Waals surface area (Å²) in [6.07, 6.45) is 2.05. The lowest BCUT2D eigenvalue weighted by molar-refractivity contribution is 0.222. The monoisotopic (exact) mass is 423 g/mol. The van der Waals surface area contributed by atoms with Crippen LogP contribution in [0.15, 0.2) is 36.4 Å². The Morgan fingerprint density at radius 3 is 2.72 bits per heavy atom. The maximum absolute atomic E-state index is 12.5. The predicted octanol–water partition coefficient (Wildman–Crippen LogP) is 5.33. The zero-order chi connectivity index (χ0) is 20.4. The Hall–Kier alpha value is -2.95. The highest BCUT2D eigenvalue weighted by atomic mass is 35.5. The van der Waals surface area contributed by atoms with Gasteiger partial charge in [-0.3, -0.25) is 5.32 Å². The van der Waals surface area contributed by atoms with E-state index < -0.39 is 0 Å². The number of nitriles is 1. The Morgan fingerprint density at radius 2 is 2.00 bits per heavy atom. The Morgan fingerprint density at radius 1 is 1.21 bits per heavy atom. The summed E-state index contributed by atoms with van der Waals surface area (Å²) in [4.78, 5) is 24.1. The molecule has 0 bridgehead atoms. The van der Waals surface area contributed by atoms with Gasteiger partial charge in [-0.1, -0.05) is 35.1 Å². The van der Waals surface area contributed by atoms with Crippen molar-refractivity contribution in [1.82, 2.24) is 14.9 Å². The number of hydrogen-bond donors (Lipinski definition) is 1. The van der Waals surface area contributed by atoms with Gasteiger partial charge in [0, 0.05) is 24.3 Å². The normalized spacial score (nSPS) is 13.3. The van der Waals surface area contributed by atoms with Crippen LogP contribution in [-0.2, 0) is 0 Å². The van der Waals surface area contributed by atoms with Crippen molar-refractivity contribution in [3.63, 3.8) is 0 Å². The van der Waals surface area contributed by atoms with Gasteiger partial charge in [0.15, 0.2) is 5.13 Å². The number of carbonyl (C=O) groups excluding carboxylic acids is 1. The van der Waals surface area contributed by atoms with E-state index in [-0.39, 0.29) is 6.03 Å². The fourth-order valence-corrected chi connectivity index (χ4v) is 4.57. The van der Waals surface area contributed by atoms with Crippen molar-refractivity contribution in [2.45, 2.75) is 19.8 Å². The zero-order valence-electron chi connectivity index (χ0n) is 15.8. The Bertz CT molecular complexity index is 1090. The molecular weight excluding hydrogens is 406 g/mol. The van der Waals surface area contributed by atoms with Crippen LogP contribution in [0.1, 0.15) is 24.1 Å². The molecule has 1 fully saturated rings. The van der Waals surface area contributed by atoms with Crippen molar-refractivity contribution in [2.75, 3.05) is 18.4 Å². The van der Waals surface area contributed by atoms with Gasteiger partial charge in [-0.2, -0.15) is 5.26 Å². The third-order valence-electron chi connectivity index (χ3n) is 4.68. The standard InChI is InChI=1S/C21H18ClN5OS/c1-13-9-16(11-17(22)24-13)19-18(15-6-4-5-14(10-15)12-23)25-20(29-19)26-21(28)27-7-2-3-8-27/h4-6,9-11H,2-3,7-8H2,1H3,(H,25,26,28). The highest BCUT2D eigenvalue weighted by Gasteiger charge is 2.21. The second kappa shape index (κ2) is 8.19. The number of pyridine rings is 1. The third kappa shape index (κ3) is 4.24. The number of aromatic nitrogens is 2. The fraction of sp³-hybridized carbons (Fsp3) is 0.238. The molecule has 3 heterocycles. The predicted molar refractivity (Wildman–Crippen MR) is 115 cm³/mol. The van der Waals surface area contributed by atoms with E-state index in [1.54, 1.807) is 23.1 Å². The molecule has 1 saturated heterocycles. The molecule has 1 aliphatic heterocycles. The number of urea groups is 1. The number of amides is 2. The Labute approximate surface area is 177 Å². The van der Waals surface area contributed by atoms with Crippen molar-refractivity contribution in [2.24, 2.45) is 0 Å². The van der Waals surface area contributed by atoms with Gasteiger partial charge in [-0.25, -0.2) is 14.8 Å².